The van der Waals surface area contributed by atoms with Crippen molar-refractivity contribution in [1.82, 2.24) is 0 Å². The Kier molecular flexibility index (Phi) is 6.09. The van der Waals surface area contributed by atoms with E-state index >= 15 is 0 Å². The van der Waals surface area contributed by atoms with Crippen LogP contribution in [0.3, 0.4) is 0 Å². The fourth-order valence-electron chi connectivity index (χ4n) is 6.91. The highest BCUT2D eigenvalue weighted by Crippen LogP contribution is 2.64. The van der Waals surface area contributed by atoms with Crippen LogP contribution in [0.2, 0.25) is 0 Å². The highest BCUT2D eigenvalue weighted by Gasteiger charge is 2.59. The highest BCUT2D eigenvalue weighted by atomic mass is 16.5. The Morgan fingerprint density at radius 2 is 1.62 bits per heavy atom. The Balaban J connectivity index is 1.71. The second-order valence-electron chi connectivity index (χ2n) is 9.91. The summed E-state index contributed by atoms with van der Waals surface area (Å²) in [6.45, 7) is -0.406. The maximum Gasteiger partial charge on any atom is 0.341 e. The van der Waals surface area contributed by atoms with Gasteiger partial charge in [0.1, 0.15) is 28.6 Å². The molecule has 0 aromatic heterocycles. The fraction of sp³-hybridized carbons (Fsp3) is 0.536. The lowest BCUT2D eigenvalue weighted by Gasteiger charge is -2.58. The Bertz CT molecular complexity index is 1060. The van der Waals surface area contributed by atoms with E-state index in [1.165, 1.54) is 31.2 Å². The topological polar surface area (TPSA) is 74.2 Å². The molecule has 1 N–H and O–H groups in total. The molecule has 0 saturated heterocycles. The number of benzene rings is 2. The zero-order valence-corrected chi connectivity index (χ0v) is 20.1. The van der Waals surface area contributed by atoms with Crippen LogP contribution in [0.5, 0.6) is 23.0 Å². The molecule has 2 atom stereocenters. The third-order valence-corrected chi connectivity index (χ3v) is 8.28. The van der Waals surface area contributed by atoms with Crippen LogP contribution in [-0.4, -0.2) is 31.9 Å². The van der Waals surface area contributed by atoms with Crippen LogP contribution in [-0.2, 0) is 15.8 Å². The Morgan fingerprint density at radius 1 is 0.941 bits per heavy atom. The fourth-order valence-corrected chi connectivity index (χ4v) is 6.91. The number of rotatable bonds is 6. The van der Waals surface area contributed by atoms with Gasteiger partial charge in [-0.15, -0.1) is 0 Å². The zero-order valence-electron chi connectivity index (χ0n) is 20.1. The summed E-state index contributed by atoms with van der Waals surface area (Å²) in [4.78, 5) is 11.4. The first-order valence-electron chi connectivity index (χ1n) is 12.4. The Hall–Kier alpha value is -2.89. The molecule has 1 aliphatic heterocycles. The van der Waals surface area contributed by atoms with E-state index < -0.39 is 18.2 Å². The van der Waals surface area contributed by atoms with Gasteiger partial charge in [0, 0.05) is 34.6 Å². The van der Waals surface area contributed by atoms with Crippen LogP contribution in [0, 0.1) is 5.92 Å². The first kappa shape index (κ1) is 22.9. The molecule has 6 heteroatoms. The lowest BCUT2D eigenvalue weighted by Crippen LogP contribution is -2.57. The maximum atomic E-state index is 11.4. The molecule has 2 saturated carbocycles. The van der Waals surface area contributed by atoms with Crippen LogP contribution < -0.4 is 18.9 Å². The third kappa shape index (κ3) is 3.68. The number of ether oxygens (including phenoxy) is 4. The molecule has 0 radical (unpaired) electrons. The number of carboxylic acid groups (broad SMARTS) is 1. The largest absolute Gasteiger partial charge is 0.497 e. The summed E-state index contributed by atoms with van der Waals surface area (Å²) < 4.78 is 23.9. The predicted octanol–water partition coefficient (Wildman–Crippen LogP) is 5.85. The standard InChI is InChI=1S/C28H34O6/c1-31-19-10-12-22(23(16-19)33-18-26(29)30)28-15-7-4-8-25(28)27(13-5-3-6-14-27)21-11-9-20(32-2)17-24(21)34-28/h9-12,16-17,25H,3-8,13-15,18H2,1-2H3,(H,29,30)/t25-,28-/m1/s1. The van der Waals surface area contributed by atoms with Gasteiger partial charge in [-0.1, -0.05) is 31.7 Å². The molecule has 0 bridgehead atoms. The van der Waals surface area contributed by atoms with Gasteiger partial charge in [-0.3, -0.25) is 0 Å². The average molecular weight is 467 g/mol. The van der Waals surface area contributed by atoms with Crippen molar-refractivity contribution in [2.24, 2.45) is 5.92 Å². The van der Waals surface area contributed by atoms with Crippen molar-refractivity contribution in [3.8, 4) is 23.0 Å². The Labute approximate surface area is 201 Å². The second-order valence-corrected chi connectivity index (χ2v) is 9.91. The lowest BCUT2D eigenvalue weighted by atomic mass is 9.51. The summed E-state index contributed by atoms with van der Waals surface area (Å²) >= 11 is 0. The van der Waals surface area contributed by atoms with Gasteiger partial charge in [-0.2, -0.15) is 0 Å². The predicted molar refractivity (Wildman–Crippen MR) is 128 cm³/mol. The van der Waals surface area contributed by atoms with Gasteiger partial charge in [0.2, 0.25) is 0 Å². The molecule has 182 valence electrons. The molecule has 6 nitrogen and oxygen atoms in total. The number of fused-ring (bicyclic) bond motifs is 4. The molecule has 0 unspecified atom stereocenters. The van der Waals surface area contributed by atoms with Crippen molar-refractivity contribution in [3.05, 3.63) is 47.5 Å². The third-order valence-electron chi connectivity index (χ3n) is 8.28. The molecule has 1 heterocycles. The minimum atomic E-state index is -1.00. The van der Waals surface area contributed by atoms with Gasteiger partial charge in [0.15, 0.2) is 6.61 Å². The molecular weight excluding hydrogens is 432 g/mol. The first-order valence-corrected chi connectivity index (χ1v) is 12.4. The van der Waals surface area contributed by atoms with Crippen LogP contribution in [0.25, 0.3) is 0 Å². The summed E-state index contributed by atoms with van der Waals surface area (Å²) in [6.07, 6.45) is 10.1. The normalized spacial score (nSPS) is 24.9. The van der Waals surface area contributed by atoms with Gasteiger partial charge in [-0.25, -0.2) is 4.79 Å². The molecule has 5 rings (SSSR count). The number of carbonyl (C=O) groups is 1. The monoisotopic (exact) mass is 466 g/mol. The van der Waals surface area contributed by atoms with Gasteiger partial charge in [0.05, 0.1) is 14.2 Å². The number of carboxylic acids is 1. The van der Waals surface area contributed by atoms with Crippen molar-refractivity contribution in [2.45, 2.75) is 68.8 Å². The van der Waals surface area contributed by atoms with E-state index in [0.717, 1.165) is 49.2 Å². The smallest absolute Gasteiger partial charge is 0.341 e. The molecule has 1 spiro atoms. The van der Waals surface area contributed by atoms with Gasteiger partial charge >= 0.3 is 5.97 Å². The number of hydrogen-bond acceptors (Lipinski definition) is 5. The molecular formula is C28H34O6. The average Bonchev–Trinajstić information content (AvgIpc) is 2.87. The molecule has 2 fully saturated rings. The summed E-state index contributed by atoms with van der Waals surface area (Å²) in [5.74, 6) is 2.13. The minimum absolute atomic E-state index is 0.0303. The van der Waals surface area contributed by atoms with Crippen molar-refractivity contribution >= 4 is 5.97 Å². The second kappa shape index (κ2) is 9.05. The number of hydrogen-bond donors (Lipinski definition) is 1. The van der Waals surface area contributed by atoms with E-state index in [1.54, 1.807) is 20.3 Å². The lowest BCUT2D eigenvalue weighted by molar-refractivity contribution is -0.139. The zero-order chi connectivity index (χ0) is 23.8. The van der Waals surface area contributed by atoms with E-state index in [0.29, 0.717) is 11.5 Å². The first-order chi connectivity index (χ1) is 16.5. The van der Waals surface area contributed by atoms with Crippen LogP contribution in [0.4, 0.5) is 0 Å². The number of methoxy groups -OCH3 is 2. The van der Waals surface area contributed by atoms with Crippen LogP contribution in [0.1, 0.15) is 68.9 Å². The molecule has 0 amide bonds. The van der Waals surface area contributed by atoms with Crippen molar-refractivity contribution < 1.29 is 28.8 Å². The molecule has 2 aliphatic carbocycles. The van der Waals surface area contributed by atoms with Gasteiger partial charge in [0.25, 0.3) is 0 Å². The highest BCUT2D eigenvalue weighted by molar-refractivity contribution is 5.68. The van der Waals surface area contributed by atoms with Crippen molar-refractivity contribution in [2.75, 3.05) is 20.8 Å². The van der Waals surface area contributed by atoms with E-state index in [2.05, 4.69) is 12.1 Å². The van der Waals surface area contributed by atoms with Crippen molar-refractivity contribution in [1.29, 1.82) is 0 Å². The van der Waals surface area contributed by atoms with Crippen LogP contribution >= 0.6 is 0 Å². The van der Waals surface area contributed by atoms with E-state index in [9.17, 15) is 9.90 Å². The van der Waals surface area contributed by atoms with Crippen LogP contribution in [0.15, 0.2) is 36.4 Å². The maximum absolute atomic E-state index is 11.4. The Morgan fingerprint density at radius 3 is 2.32 bits per heavy atom. The molecule has 3 aliphatic rings. The molecule has 2 aromatic rings. The van der Waals surface area contributed by atoms with Gasteiger partial charge < -0.3 is 24.1 Å². The summed E-state index contributed by atoms with van der Waals surface area (Å²) in [5.41, 5.74) is 1.67. The summed E-state index contributed by atoms with van der Waals surface area (Å²) in [7, 11) is 3.29. The summed E-state index contributed by atoms with van der Waals surface area (Å²) in [5, 5.41) is 9.32. The SMILES string of the molecule is COc1ccc2c(c1)O[C@@]1(c3ccc(OC)cc3OCC(=O)O)CCCC[C@@H]1C21CCCCC1. The quantitative estimate of drug-likeness (QED) is 0.576. The van der Waals surface area contributed by atoms with Crippen molar-refractivity contribution in [3.63, 3.8) is 0 Å². The van der Waals surface area contributed by atoms with Gasteiger partial charge in [-0.05, 0) is 50.3 Å². The minimum Gasteiger partial charge on any atom is -0.497 e. The van der Waals surface area contributed by atoms with E-state index in [4.69, 9.17) is 18.9 Å². The number of aliphatic carboxylic acids is 1. The molecule has 34 heavy (non-hydrogen) atoms. The molecule has 2 aromatic carbocycles. The van der Waals surface area contributed by atoms with E-state index in [1.807, 2.05) is 18.2 Å². The van der Waals surface area contributed by atoms with E-state index in [-0.39, 0.29) is 11.3 Å². The summed E-state index contributed by atoms with van der Waals surface area (Å²) in [6, 6.07) is 12.1.